The van der Waals surface area contributed by atoms with Gasteiger partial charge >= 0.3 is 0 Å². The first-order chi connectivity index (χ1) is 16.2. The highest BCUT2D eigenvalue weighted by atomic mass is 32.2. The first-order valence-electron chi connectivity index (χ1n) is 11.5. The van der Waals surface area contributed by atoms with Gasteiger partial charge in [0.1, 0.15) is 6.04 Å². The Bertz CT molecular complexity index is 1220. The number of rotatable bonds is 7. The minimum absolute atomic E-state index is 0.0655. The number of aromatic nitrogens is 2. The van der Waals surface area contributed by atoms with Crippen molar-refractivity contribution >= 4 is 15.9 Å². The first-order valence-corrected chi connectivity index (χ1v) is 13.0. The molecule has 0 radical (unpaired) electrons. The number of likely N-dealkylation sites (tertiary alicyclic amines) is 1. The van der Waals surface area contributed by atoms with Crippen LogP contribution in [0.4, 0.5) is 0 Å². The molecular formula is C25H30N4O4S. The monoisotopic (exact) mass is 482 g/mol. The van der Waals surface area contributed by atoms with E-state index in [1.54, 1.807) is 29.2 Å². The molecule has 1 atom stereocenters. The maximum absolute atomic E-state index is 13.3. The zero-order valence-corrected chi connectivity index (χ0v) is 20.5. The van der Waals surface area contributed by atoms with Crippen molar-refractivity contribution in [3.8, 4) is 11.4 Å². The first kappa shape index (κ1) is 24.1. The van der Waals surface area contributed by atoms with E-state index in [1.165, 1.54) is 0 Å². The van der Waals surface area contributed by atoms with Crippen molar-refractivity contribution in [1.29, 1.82) is 0 Å². The Labute approximate surface area is 200 Å². The second-order valence-electron chi connectivity index (χ2n) is 9.08. The number of piperidine rings is 1. The summed E-state index contributed by atoms with van der Waals surface area (Å²) < 4.78 is 33.9. The topological polar surface area (TPSA) is 105 Å². The third-order valence-corrected chi connectivity index (χ3v) is 7.63. The van der Waals surface area contributed by atoms with Crippen LogP contribution < -0.4 is 4.72 Å². The van der Waals surface area contributed by atoms with Crippen LogP contribution in [0, 0.1) is 12.8 Å². The second kappa shape index (κ2) is 10.1. The molecular weight excluding hydrogens is 452 g/mol. The molecule has 8 nitrogen and oxygen atoms in total. The molecule has 2 aromatic carbocycles. The van der Waals surface area contributed by atoms with Crippen LogP contribution in [-0.2, 0) is 14.8 Å². The highest BCUT2D eigenvalue weighted by Gasteiger charge is 2.34. The minimum atomic E-state index is -3.81. The summed E-state index contributed by atoms with van der Waals surface area (Å²) in [6.45, 7) is 6.59. The average Bonchev–Trinajstić information content (AvgIpc) is 3.33. The van der Waals surface area contributed by atoms with Gasteiger partial charge in [-0.3, -0.25) is 4.79 Å². The highest BCUT2D eigenvalue weighted by molar-refractivity contribution is 7.89. The molecule has 180 valence electrons. The predicted molar refractivity (Wildman–Crippen MR) is 128 cm³/mol. The molecule has 1 aromatic heterocycles. The lowest BCUT2D eigenvalue weighted by atomic mass is 9.95. The quantitative estimate of drug-likeness (QED) is 0.550. The molecule has 0 saturated carbocycles. The number of nitrogens with one attached hydrogen (secondary N) is 1. The molecule has 1 N–H and O–H groups in total. The number of aryl methyl sites for hydroxylation is 1. The van der Waals surface area contributed by atoms with E-state index in [0.29, 0.717) is 37.6 Å². The van der Waals surface area contributed by atoms with Gasteiger partial charge in [-0.25, -0.2) is 8.42 Å². The van der Waals surface area contributed by atoms with Gasteiger partial charge < -0.3 is 9.42 Å². The average molecular weight is 483 g/mol. The number of sulfonamides is 1. The number of hydrogen-bond acceptors (Lipinski definition) is 6. The van der Waals surface area contributed by atoms with Crippen molar-refractivity contribution in [3.05, 3.63) is 66.1 Å². The summed E-state index contributed by atoms with van der Waals surface area (Å²) in [4.78, 5) is 19.7. The SMILES string of the molecule is Cc1ccc(S(=O)(=O)NC(C(=O)N2CCC(c3nc(-c4ccccc4)no3)CC2)C(C)C)cc1. The van der Waals surface area contributed by atoms with Crippen molar-refractivity contribution in [2.75, 3.05) is 13.1 Å². The Morgan fingerprint density at radius 2 is 1.71 bits per heavy atom. The number of nitrogens with zero attached hydrogens (tertiary/aromatic N) is 3. The summed E-state index contributed by atoms with van der Waals surface area (Å²) in [5.74, 6) is 0.788. The summed E-state index contributed by atoms with van der Waals surface area (Å²) in [7, 11) is -3.81. The van der Waals surface area contributed by atoms with Crippen LogP contribution in [0.2, 0.25) is 0 Å². The maximum Gasteiger partial charge on any atom is 0.241 e. The summed E-state index contributed by atoms with van der Waals surface area (Å²) in [5.41, 5.74) is 1.86. The Hall–Kier alpha value is -3.04. The summed E-state index contributed by atoms with van der Waals surface area (Å²) >= 11 is 0. The molecule has 1 fully saturated rings. The predicted octanol–water partition coefficient (Wildman–Crippen LogP) is 3.75. The van der Waals surface area contributed by atoms with Crippen molar-refractivity contribution < 1.29 is 17.7 Å². The number of carbonyl (C=O) groups excluding carboxylic acids is 1. The van der Waals surface area contributed by atoms with E-state index in [0.717, 1.165) is 11.1 Å². The smallest absolute Gasteiger partial charge is 0.241 e. The summed E-state index contributed by atoms with van der Waals surface area (Å²) in [6, 6.07) is 15.4. The van der Waals surface area contributed by atoms with Crippen LogP contribution in [0.5, 0.6) is 0 Å². The molecule has 2 heterocycles. The van der Waals surface area contributed by atoms with Crippen LogP contribution in [-0.4, -0.2) is 48.5 Å². The van der Waals surface area contributed by atoms with Crippen LogP contribution in [0.15, 0.2) is 64.0 Å². The molecule has 9 heteroatoms. The fourth-order valence-corrected chi connectivity index (χ4v) is 5.41. The van der Waals surface area contributed by atoms with Gasteiger partial charge in [-0.15, -0.1) is 0 Å². The lowest BCUT2D eigenvalue weighted by Gasteiger charge is -2.34. The third-order valence-electron chi connectivity index (χ3n) is 6.18. The van der Waals surface area contributed by atoms with E-state index < -0.39 is 16.1 Å². The second-order valence-corrected chi connectivity index (χ2v) is 10.8. The van der Waals surface area contributed by atoms with Crippen molar-refractivity contribution in [3.63, 3.8) is 0 Å². The molecule has 0 aliphatic carbocycles. The van der Waals surface area contributed by atoms with Gasteiger partial charge in [0.2, 0.25) is 27.6 Å². The van der Waals surface area contributed by atoms with Gasteiger partial charge in [-0.05, 0) is 37.8 Å². The fraction of sp³-hybridized carbons (Fsp3) is 0.400. The Balaban J connectivity index is 1.40. The van der Waals surface area contributed by atoms with Crippen molar-refractivity contribution in [2.24, 2.45) is 5.92 Å². The lowest BCUT2D eigenvalue weighted by molar-refractivity contribution is -0.135. The number of carbonyl (C=O) groups is 1. The van der Waals surface area contributed by atoms with Gasteiger partial charge in [0, 0.05) is 24.6 Å². The maximum atomic E-state index is 13.3. The van der Waals surface area contributed by atoms with E-state index in [4.69, 9.17) is 4.52 Å². The Morgan fingerprint density at radius 3 is 2.32 bits per heavy atom. The van der Waals surface area contributed by atoms with Gasteiger partial charge in [0.15, 0.2) is 0 Å². The molecule has 1 amide bonds. The molecule has 0 bridgehead atoms. The van der Waals surface area contributed by atoms with E-state index in [-0.39, 0.29) is 22.6 Å². The molecule has 1 aliphatic rings. The van der Waals surface area contributed by atoms with E-state index in [2.05, 4.69) is 14.9 Å². The third kappa shape index (κ3) is 5.37. The molecule has 1 saturated heterocycles. The van der Waals surface area contributed by atoms with Gasteiger partial charge in [-0.1, -0.05) is 67.0 Å². The van der Waals surface area contributed by atoms with Gasteiger partial charge in [-0.2, -0.15) is 9.71 Å². The Kier molecular flexibility index (Phi) is 7.13. The zero-order valence-electron chi connectivity index (χ0n) is 19.6. The van der Waals surface area contributed by atoms with Crippen LogP contribution in [0.25, 0.3) is 11.4 Å². The summed E-state index contributed by atoms with van der Waals surface area (Å²) in [5, 5.41) is 4.10. The van der Waals surface area contributed by atoms with Gasteiger partial charge in [0.25, 0.3) is 0 Å². The largest absolute Gasteiger partial charge is 0.341 e. The van der Waals surface area contributed by atoms with E-state index in [1.807, 2.05) is 51.1 Å². The fourth-order valence-electron chi connectivity index (χ4n) is 4.07. The standard InChI is InChI=1S/C25H30N4O4S/c1-17(2)22(28-34(31,32)21-11-9-18(3)10-12-21)25(30)29-15-13-20(14-16-29)24-26-23(27-33-24)19-7-5-4-6-8-19/h4-12,17,20,22,28H,13-16H2,1-3H3. The highest BCUT2D eigenvalue weighted by Crippen LogP contribution is 2.29. The van der Waals surface area contributed by atoms with Crippen molar-refractivity contribution in [2.45, 2.75) is 50.5 Å². The Morgan fingerprint density at radius 1 is 1.06 bits per heavy atom. The van der Waals surface area contributed by atoms with Crippen LogP contribution in [0.1, 0.15) is 44.1 Å². The normalized spacial score (nSPS) is 16.1. The number of amides is 1. The molecule has 0 spiro atoms. The minimum Gasteiger partial charge on any atom is -0.341 e. The number of hydrogen-bond donors (Lipinski definition) is 1. The van der Waals surface area contributed by atoms with E-state index >= 15 is 0 Å². The van der Waals surface area contributed by atoms with E-state index in [9.17, 15) is 13.2 Å². The molecule has 4 rings (SSSR count). The molecule has 34 heavy (non-hydrogen) atoms. The lowest BCUT2D eigenvalue weighted by Crippen LogP contribution is -2.52. The molecule has 1 aliphatic heterocycles. The molecule has 3 aromatic rings. The van der Waals surface area contributed by atoms with Crippen LogP contribution in [0.3, 0.4) is 0 Å². The van der Waals surface area contributed by atoms with Crippen LogP contribution >= 0.6 is 0 Å². The zero-order chi connectivity index (χ0) is 24.3. The molecule has 1 unspecified atom stereocenters. The van der Waals surface area contributed by atoms with Gasteiger partial charge in [0.05, 0.1) is 4.90 Å². The van der Waals surface area contributed by atoms with Crippen molar-refractivity contribution in [1.82, 2.24) is 19.8 Å². The summed E-state index contributed by atoms with van der Waals surface area (Å²) in [6.07, 6.45) is 1.36. The number of benzene rings is 2.